The summed E-state index contributed by atoms with van der Waals surface area (Å²) in [5, 5.41) is 1.82. The summed E-state index contributed by atoms with van der Waals surface area (Å²) < 4.78 is 10.6. The Bertz CT molecular complexity index is 684. The molecule has 0 radical (unpaired) electrons. The molecule has 3 rings (SSSR count). The quantitative estimate of drug-likeness (QED) is 0.736. The highest BCUT2D eigenvalue weighted by Gasteiger charge is 2.27. The molecule has 1 aromatic heterocycles. The van der Waals surface area contributed by atoms with E-state index in [1.165, 1.54) is 24.2 Å². The molecular weight excluding hydrogens is 324 g/mol. The summed E-state index contributed by atoms with van der Waals surface area (Å²) in [4.78, 5) is 18.7. The summed E-state index contributed by atoms with van der Waals surface area (Å²) in [6, 6.07) is 5.90. The van der Waals surface area contributed by atoms with Crippen molar-refractivity contribution in [2.24, 2.45) is 5.92 Å². The van der Waals surface area contributed by atoms with Crippen molar-refractivity contribution >= 4 is 17.2 Å². The molecule has 0 saturated heterocycles. The van der Waals surface area contributed by atoms with Gasteiger partial charge in [0, 0.05) is 18.5 Å². The predicted molar refractivity (Wildman–Crippen MR) is 94.0 cm³/mol. The van der Waals surface area contributed by atoms with E-state index in [9.17, 15) is 4.79 Å². The van der Waals surface area contributed by atoms with Crippen molar-refractivity contribution in [2.45, 2.75) is 19.3 Å². The van der Waals surface area contributed by atoms with Crippen LogP contribution in [0.5, 0.6) is 11.5 Å². The first-order valence-electron chi connectivity index (χ1n) is 8.09. The van der Waals surface area contributed by atoms with Crippen molar-refractivity contribution in [2.75, 3.05) is 27.3 Å². The molecule has 0 bridgehead atoms. The van der Waals surface area contributed by atoms with Crippen molar-refractivity contribution < 1.29 is 14.3 Å². The lowest BCUT2D eigenvalue weighted by atomic mass is 10.1. The van der Waals surface area contributed by atoms with Crippen LogP contribution >= 0.6 is 11.3 Å². The molecule has 6 heteroatoms. The van der Waals surface area contributed by atoms with Crippen LogP contribution in [0.3, 0.4) is 0 Å². The lowest BCUT2D eigenvalue weighted by Crippen LogP contribution is -2.35. The first-order valence-corrected chi connectivity index (χ1v) is 9.04. The van der Waals surface area contributed by atoms with Crippen LogP contribution in [0.1, 0.15) is 28.9 Å². The van der Waals surface area contributed by atoms with Crippen LogP contribution in [0.15, 0.2) is 29.1 Å². The third-order valence-corrected chi connectivity index (χ3v) is 4.82. The smallest absolute Gasteiger partial charge is 0.273 e. The second-order valence-corrected chi connectivity index (χ2v) is 6.73. The SMILES string of the molecule is COc1ccc(CCN(CC2CC2)C(=O)c2cscn2)cc1OC. The van der Waals surface area contributed by atoms with Crippen LogP contribution in [-0.2, 0) is 6.42 Å². The fourth-order valence-electron chi connectivity index (χ4n) is 2.67. The van der Waals surface area contributed by atoms with Gasteiger partial charge in [0.05, 0.1) is 19.7 Å². The zero-order valence-electron chi connectivity index (χ0n) is 14.0. The van der Waals surface area contributed by atoms with Crippen molar-refractivity contribution in [3.63, 3.8) is 0 Å². The fourth-order valence-corrected chi connectivity index (χ4v) is 3.19. The minimum atomic E-state index is 0.0311. The van der Waals surface area contributed by atoms with E-state index in [1.54, 1.807) is 19.7 Å². The van der Waals surface area contributed by atoms with Gasteiger partial charge in [-0.15, -0.1) is 11.3 Å². The van der Waals surface area contributed by atoms with E-state index in [0.29, 0.717) is 18.2 Å². The number of rotatable bonds is 8. The molecule has 1 aliphatic carbocycles. The summed E-state index contributed by atoms with van der Waals surface area (Å²) in [6.07, 6.45) is 3.22. The Morgan fingerprint density at radius 1 is 1.29 bits per heavy atom. The maximum Gasteiger partial charge on any atom is 0.273 e. The van der Waals surface area contributed by atoms with Gasteiger partial charge in [-0.2, -0.15) is 0 Å². The number of nitrogens with zero attached hydrogens (tertiary/aromatic N) is 2. The highest BCUT2D eigenvalue weighted by Crippen LogP contribution is 2.31. The standard InChI is InChI=1S/C18H22N2O3S/c1-22-16-6-5-13(9-17(16)23-2)7-8-20(10-14-3-4-14)18(21)15-11-24-12-19-15/h5-6,9,11-12,14H,3-4,7-8,10H2,1-2H3. The number of methoxy groups -OCH3 is 2. The van der Waals surface area contributed by atoms with E-state index >= 15 is 0 Å². The Kier molecular flexibility index (Phi) is 5.35. The molecule has 1 aliphatic rings. The van der Waals surface area contributed by atoms with E-state index < -0.39 is 0 Å². The maximum absolute atomic E-state index is 12.6. The lowest BCUT2D eigenvalue weighted by molar-refractivity contribution is 0.0744. The van der Waals surface area contributed by atoms with Gasteiger partial charge in [-0.3, -0.25) is 4.79 Å². The molecule has 1 saturated carbocycles. The molecule has 0 aliphatic heterocycles. The third kappa shape index (κ3) is 4.06. The maximum atomic E-state index is 12.6. The van der Waals surface area contributed by atoms with Crippen molar-refractivity contribution in [1.29, 1.82) is 0 Å². The zero-order valence-corrected chi connectivity index (χ0v) is 14.8. The second kappa shape index (κ2) is 7.66. The highest BCUT2D eigenvalue weighted by molar-refractivity contribution is 7.07. The highest BCUT2D eigenvalue weighted by atomic mass is 32.1. The van der Waals surface area contributed by atoms with Crippen LogP contribution < -0.4 is 9.47 Å². The van der Waals surface area contributed by atoms with E-state index in [1.807, 2.05) is 28.5 Å². The number of carbonyl (C=O) groups excluding carboxylic acids is 1. The van der Waals surface area contributed by atoms with Gasteiger partial charge in [-0.05, 0) is 42.9 Å². The fraction of sp³-hybridized carbons (Fsp3) is 0.444. The molecule has 128 valence electrons. The van der Waals surface area contributed by atoms with Crippen LogP contribution in [0.4, 0.5) is 0 Å². The van der Waals surface area contributed by atoms with E-state index in [4.69, 9.17) is 9.47 Å². The van der Waals surface area contributed by atoms with Gasteiger partial charge in [0.1, 0.15) is 5.69 Å². The van der Waals surface area contributed by atoms with Gasteiger partial charge in [-0.25, -0.2) is 4.98 Å². The first kappa shape index (κ1) is 16.8. The number of ether oxygens (including phenoxy) is 2. The Morgan fingerprint density at radius 3 is 2.71 bits per heavy atom. The molecule has 0 atom stereocenters. The van der Waals surface area contributed by atoms with Crippen LogP contribution in [0, 0.1) is 5.92 Å². The van der Waals surface area contributed by atoms with Crippen molar-refractivity contribution in [1.82, 2.24) is 9.88 Å². The van der Waals surface area contributed by atoms with Gasteiger partial charge >= 0.3 is 0 Å². The van der Waals surface area contributed by atoms with Crippen LogP contribution in [0.25, 0.3) is 0 Å². The van der Waals surface area contributed by atoms with Crippen molar-refractivity contribution in [3.05, 3.63) is 40.3 Å². The molecule has 0 spiro atoms. The molecule has 0 unspecified atom stereocenters. The number of carbonyl (C=O) groups is 1. The molecule has 1 amide bonds. The number of hydrogen-bond acceptors (Lipinski definition) is 5. The van der Waals surface area contributed by atoms with Gasteiger partial charge in [0.15, 0.2) is 11.5 Å². The lowest BCUT2D eigenvalue weighted by Gasteiger charge is -2.22. The van der Waals surface area contributed by atoms with E-state index in [-0.39, 0.29) is 5.91 Å². The Balaban J connectivity index is 1.68. The summed E-state index contributed by atoms with van der Waals surface area (Å²) in [7, 11) is 3.26. The van der Waals surface area contributed by atoms with Gasteiger partial charge in [0.2, 0.25) is 0 Å². The van der Waals surface area contributed by atoms with Gasteiger partial charge in [-0.1, -0.05) is 6.07 Å². The Morgan fingerprint density at radius 2 is 2.08 bits per heavy atom. The van der Waals surface area contributed by atoms with E-state index in [2.05, 4.69) is 4.98 Å². The number of aromatic nitrogens is 1. The monoisotopic (exact) mass is 346 g/mol. The summed E-state index contributed by atoms with van der Waals surface area (Å²) in [6.45, 7) is 1.51. The summed E-state index contributed by atoms with van der Waals surface area (Å²) in [5.74, 6) is 2.12. The predicted octanol–water partition coefficient (Wildman–Crippen LogP) is 3.26. The second-order valence-electron chi connectivity index (χ2n) is 6.01. The normalized spacial score (nSPS) is 13.6. The van der Waals surface area contributed by atoms with Crippen molar-refractivity contribution in [3.8, 4) is 11.5 Å². The van der Waals surface area contributed by atoms with E-state index in [0.717, 1.165) is 30.0 Å². The molecule has 1 heterocycles. The molecule has 5 nitrogen and oxygen atoms in total. The average molecular weight is 346 g/mol. The number of thiazole rings is 1. The van der Waals surface area contributed by atoms with Gasteiger partial charge in [0.25, 0.3) is 5.91 Å². The average Bonchev–Trinajstić information content (AvgIpc) is 3.26. The molecular formula is C18H22N2O3S. The Labute approximate surface area is 146 Å². The molecule has 2 aromatic rings. The largest absolute Gasteiger partial charge is 0.493 e. The number of amides is 1. The minimum Gasteiger partial charge on any atom is -0.493 e. The molecule has 1 fully saturated rings. The topological polar surface area (TPSA) is 51.7 Å². The molecule has 1 aromatic carbocycles. The third-order valence-electron chi connectivity index (χ3n) is 4.23. The molecule has 24 heavy (non-hydrogen) atoms. The number of hydrogen-bond donors (Lipinski definition) is 0. The minimum absolute atomic E-state index is 0.0311. The zero-order chi connectivity index (χ0) is 16.9. The van der Waals surface area contributed by atoms with Crippen LogP contribution in [-0.4, -0.2) is 43.1 Å². The van der Waals surface area contributed by atoms with Gasteiger partial charge < -0.3 is 14.4 Å². The first-order chi connectivity index (χ1) is 11.7. The summed E-state index contributed by atoms with van der Waals surface area (Å²) in [5.41, 5.74) is 3.38. The number of benzene rings is 1. The summed E-state index contributed by atoms with van der Waals surface area (Å²) >= 11 is 1.45. The molecule has 0 N–H and O–H groups in total. The Hall–Kier alpha value is -2.08. The van der Waals surface area contributed by atoms with Crippen LogP contribution in [0.2, 0.25) is 0 Å².